The van der Waals surface area contributed by atoms with Gasteiger partial charge in [-0.3, -0.25) is 9.36 Å². The molecule has 2 fully saturated rings. The summed E-state index contributed by atoms with van der Waals surface area (Å²) in [5.41, 5.74) is 2.54. The number of aromatic nitrogens is 2. The highest BCUT2D eigenvalue weighted by Gasteiger charge is 2.52. The van der Waals surface area contributed by atoms with E-state index >= 15 is 0 Å². The summed E-state index contributed by atoms with van der Waals surface area (Å²) in [5, 5.41) is 10.8. The molecule has 1 aromatic carbocycles. The minimum atomic E-state index is -0.529. The van der Waals surface area contributed by atoms with Crippen molar-refractivity contribution < 1.29 is 14.4 Å². The number of benzene rings is 1. The number of nitrogens with zero attached hydrogens (tertiary/aromatic N) is 2. The zero-order valence-electron chi connectivity index (χ0n) is 17.6. The highest BCUT2D eigenvalue weighted by Crippen LogP contribution is 2.37. The summed E-state index contributed by atoms with van der Waals surface area (Å²) in [6, 6.07) is 1.67. The first kappa shape index (κ1) is 19.6. The SMILES string of the molecule is Cc1c(B2OC(C)(C)C(C)(C)O2)cc2c(=O)n([C@H]3CCC[C@@H]3O)cnc2c1C. The van der Waals surface area contributed by atoms with Crippen molar-refractivity contribution in [1.29, 1.82) is 0 Å². The van der Waals surface area contributed by atoms with Crippen LogP contribution in [0.2, 0.25) is 0 Å². The number of hydrogen-bond acceptors (Lipinski definition) is 5. The molecule has 2 heterocycles. The predicted molar refractivity (Wildman–Crippen MR) is 110 cm³/mol. The van der Waals surface area contributed by atoms with Crippen LogP contribution in [0.1, 0.15) is 64.1 Å². The Bertz CT molecular complexity index is 982. The second-order valence-corrected chi connectivity index (χ2v) is 9.22. The van der Waals surface area contributed by atoms with E-state index in [-0.39, 0.29) is 11.6 Å². The number of hydrogen-bond donors (Lipinski definition) is 1. The second-order valence-electron chi connectivity index (χ2n) is 9.22. The van der Waals surface area contributed by atoms with Crippen molar-refractivity contribution in [2.24, 2.45) is 0 Å². The van der Waals surface area contributed by atoms with Crippen LogP contribution in [0, 0.1) is 13.8 Å². The Morgan fingerprint density at radius 3 is 2.36 bits per heavy atom. The molecule has 1 N–H and O–H groups in total. The third-order valence-electron chi connectivity index (χ3n) is 6.99. The van der Waals surface area contributed by atoms with E-state index in [1.165, 1.54) is 0 Å². The first-order valence-corrected chi connectivity index (χ1v) is 10.1. The molecule has 2 atom stereocenters. The van der Waals surface area contributed by atoms with E-state index in [9.17, 15) is 9.90 Å². The van der Waals surface area contributed by atoms with Crippen LogP contribution in [0.3, 0.4) is 0 Å². The van der Waals surface area contributed by atoms with Crippen LogP contribution in [0.25, 0.3) is 10.9 Å². The summed E-state index contributed by atoms with van der Waals surface area (Å²) in [6.45, 7) is 12.1. The lowest BCUT2D eigenvalue weighted by Gasteiger charge is -2.32. The molecule has 150 valence electrons. The van der Waals surface area contributed by atoms with Gasteiger partial charge in [-0.15, -0.1) is 0 Å². The Balaban J connectivity index is 1.86. The number of aryl methyl sites for hydroxylation is 1. The van der Waals surface area contributed by atoms with E-state index in [0.29, 0.717) is 10.9 Å². The fourth-order valence-electron chi connectivity index (χ4n) is 4.27. The van der Waals surface area contributed by atoms with Crippen molar-refractivity contribution in [2.45, 2.75) is 84.2 Å². The maximum Gasteiger partial charge on any atom is 0.495 e. The van der Waals surface area contributed by atoms with Gasteiger partial charge in [0.2, 0.25) is 0 Å². The molecule has 2 aromatic rings. The zero-order chi connectivity index (χ0) is 20.4. The van der Waals surface area contributed by atoms with E-state index in [4.69, 9.17) is 9.31 Å². The standard InChI is InChI=1S/C21H29BN2O4/c1-12-13(2)18-14(10-15(12)22-27-20(3,4)21(5,6)28-22)19(26)24(11-23-18)16-8-7-9-17(16)25/h10-11,16-17,25H,7-9H2,1-6H3/t16-,17-/m0/s1. The van der Waals surface area contributed by atoms with Crippen molar-refractivity contribution in [3.05, 3.63) is 33.9 Å². The summed E-state index contributed by atoms with van der Waals surface area (Å²) in [4.78, 5) is 17.9. The number of aliphatic hydroxyl groups excluding tert-OH is 1. The Morgan fingerprint density at radius 2 is 1.79 bits per heavy atom. The highest BCUT2D eigenvalue weighted by molar-refractivity contribution is 6.63. The summed E-state index contributed by atoms with van der Waals surface area (Å²) >= 11 is 0. The predicted octanol–water partition coefficient (Wildman–Crippen LogP) is 2.40. The fraction of sp³-hybridized carbons (Fsp3) is 0.619. The lowest BCUT2D eigenvalue weighted by atomic mass is 9.74. The van der Waals surface area contributed by atoms with E-state index in [2.05, 4.69) is 4.98 Å². The molecule has 0 radical (unpaired) electrons. The summed E-state index contributed by atoms with van der Waals surface area (Å²) in [7, 11) is -0.529. The zero-order valence-corrected chi connectivity index (χ0v) is 17.6. The first-order chi connectivity index (χ1) is 13.0. The average molecular weight is 384 g/mol. The molecule has 28 heavy (non-hydrogen) atoms. The van der Waals surface area contributed by atoms with Crippen molar-refractivity contribution in [2.75, 3.05) is 0 Å². The molecule has 0 spiro atoms. The maximum absolute atomic E-state index is 13.3. The van der Waals surface area contributed by atoms with Crippen molar-refractivity contribution in [3.8, 4) is 0 Å². The summed E-state index contributed by atoms with van der Waals surface area (Å²) in [6.07, 6.45) is 3.53. The molecule has 1 aliphatic carbocycles. The molecule has 0 bridgehead atoms. The largest absolute Gasteiger partial charge is 0.495 e. The monoisotopic (exact) mass is 384 g/mol. The molecule has 1 aliphatic heterocycles. The summed E-state index contributed by atoms with van der Waals surface area (Å²) in [5.74, 6) is 0. The molecule has 1 saturated carbocycles. The molecular weight excluding hydrogens is 355 g/mol. The third kappa shape index (κ3) is 2.83. The van der Waals surface area contributed by atoms with Crippen LogP contribution in [-0.2, 0) is 9.31 Å². The highest BCUT2D eigenvalue weighted by atomic mass is 16.7. The van der Waals surface area contributed by atoms with Gasteiger partial charge in [0, 0.05) is 0 Å². The van der Waals surface area contributed by atoms with Gasteiger partial charge in [-0.05, 0) is 83.5 Å². The normalized spacial score (nSPS) is 26.3. The molecule has 6 nitrogen and oxygen atoms in total. The first-order valence-electron chi connectivity index (χ1n) is 10.1. The molecule has 7 heteroatoms. The molecule has 2 aliphatic rings. The van der Waals surface area contributed by atoms with E-state index in [1.807, 2.05) is 47.6 Å². The van der Waals surface area contributed by atoms with Crippen molar-refractivity contribution >= 4 is 23.5 Å². The second kappa shape index (κ2) is 6.41. The van der Waals surface area contributed by atoms with Crippen LogP contribution >= 0.6 is 0 Å². The Morgan fingerprint density at radius 1 is 1.14 bits per heavy atom. The van der Waals surface area contributed by atoms with Crippen LogP contribution in [0.15, 0.2) is 17.2 Å². The lowest BCUT2D eigenvalue weighted by molar-refractivity contribution is 0.00578. The van der Waals surface area contributed by atoms with Gasteiger partial charge in [0.1, 0.15) is 0 Å². The molecule has 0 unspecified atom stereocenters. The number of aliphatic hydroxyl groups is 1. The molecule has 4 rings (SSSR count). The molecular formula is C21H29BN2O4. The Kier molecular flexibility index (Phi) is 4.49. The van der Waals surface area contributed by atoms with Crippen LogP contribution in [0.4, 0.5) is 0 Å². The molecule has 1 saturated heterocycles. The van der Waals surface area contributed by atoms with Gasteiger partial charge in [-0.2, -0.15) is 0 Å². The number of rotatable bonds is 2. The minimum absolute atomic E-state index is 0.114. The topological polar surface area (TPSA) is 73.6 Å². The van der Waals surface area contributed by atoms with Crippen LogP contribution in [-0.4, -0.2) is 39.1 Å². The average Bonchev–Trinajstić information content (AvgIpc) is 3.11. The molecule has 0 amide bonds. The van der Waals surface area contributed by atoms with E-state index < -0.39 is 24.4 Å². The third-order valence-corrected chi connectivity index (χ3v) is 6.99. The van der Waals surface area contributed by atoms with Gasteiger partial charge in [0.15, 0.2) is 0 Å². The molecule has 1 aromatic heterocycles. The Hall–Kier alpha value is -1.70. The van der Waals surface area contributed by atoms with Gasteiger partial charge in [0.05, 0.1) is 40.6 Å². The van der Waals surface area contributed by atoms with Gasteiger partial charge >= 0.3 is 7.12 Å². The minimum Gasteiger partial charge on any atom is -0.399 e. The number of fused-ring (bicyclic) bond motifs is 1. The van der Waals surface area contributed by atoms with Crippen LogP contribution < -0.4 is 11.0 Å². The quantitative estimate of drug-likeness (QED) is 0.805. The van der Waals surface area contributed by atoms with E-state index in [0.717, 1.165) is 35.9 Å². The van der Waals surface area contributed by atoms with Gasteiger partial charge in [-0.1, -0.05) is 0 Å². The lowest BCUT2D eigenvalue weighted by Crippen LogP contribution is -2.41. The van der Waals surface area contributed by atoms with Crippen LogP contribution in [0.5, 0.6) is 0 Å². The van der Waals surface area contributed by atoms with Gasteiger partial charge in [0.25, 0.3) is 5.56 Å². The van der Waals surface area contributed by atoms with E-state index in [1.54, 1.807) is 10.9 Å². The van der Waals surface area contributed by atoms with Crippen molar-refractivity contribution in [3.63, 3.8) is 0 Å². The smallest absolute Gasteiger partial charge is 0.399 e. The maximum atomic E-state index is 13.3. The Labute approximate surface area is 166 Å². The van der Waals surface area contributed by atoms with Gasteiger partial charge in [-0.25, -0.2) is 4.98 Å². The van der Waals surface area contributed by atoms with Crippen molar-refractivity contribution in [1.82, 2.24) is 9.55 Å². The fourth-order valence-corrected chi connectivity index (χ4v) is 4.27. The summed E-state index contributed by atoms with van der Waals surface area (Å²) < 4.78 is 14.1. The van der Waals surface area contributed by atoms with Gasteiger partial charge < -0.3 is 14.4 Å².